The van der Waals surface area contributed by atoms with Crippen LogP contribution in [0.4, 0.5) is 0 Å². The van der Waals surface area contributed by atoms with E-state index in [0.717, 1.165) is 23.1 Å². The second-order valence-electron chi connectivity index (χ2n) is 15.3. The molecule has 0 amide bonds. The molecule has 0 N–H and O–H groups in total. The zero-order chi connectivity index (χ0) is 36.8. The molecule has 2 spiro atoms. The summed E-state index contributed by atoms with van der Waals surface area (Å²) in [5, 5.41) is 0. The van der Waals surface area contributed by atoms with Crippen LogP contribution in [0, 0.1) is 5.92 Å². The molecule has 0 saturated heterocycles. The van der Waals surface area contributed by atoms with Crippen molar-refractivity contribution in [2.75, 3.05) is 0 Å². The van der Waals surface area contributed by atoms with Crippen molar-refractivity contribution < 1.29 is 0 Å². The molecular weight excluding hydrogens is 679 g/mol. The first-order chi connectivity index (χ1) is 27.8. The number of allylic oxidation sites excluding steroid dienone is 4. The highest BCUT2D eigenvalue weighted by atomic mass is 15.0. The lowest BCUT2D eigenvalue weighted by Gasteiger charge is -2.55. The zero-order valence-electron chi connectivity index (χ0n) is 30.6. The van der Waals surface area contributed by atoms with E-state index in [1.807, 2.05) is 12.1 Å². The molecule has 1 atom stereocenters. The highest BCUT2D eigenvalue weighted by Gasteiger charge is 2.63. The SMILES string of the molecule is C1=CCC2C(=C1)C1(c3ccccc3-c3ccccc31)c1cccc(-c3nc(-c4ccccc4)nc(-c4ccccc4)n3)c1C21c2ccccc2-c2ccccc21. The second kappa shape index (κ2) is 11.8. The van der Waals surface area contributed by atoms with Crippen molar-refractivity contribution in [3.63, 3.8) is 0 Å². The van der Waals surface area contributed by atoms with Crippen LogP contribution in [-0.2, 0) is 10.8 Å². The van der Waals surface area contributed by atoms with Crippen LogP contribution in [-0.4, -0.2) is 15.0 Å². The van der Waals surface area contributed by atoms with Gasteiger partial charge in [0.15, 0.2) is 17.5 Å². The summed E-state index contributed by atoms with van der Waals surface area (Å²) in [6.45, 7) is 0. The third kappa shape index (κ3) is 3.99. The number of fused-ring (bicyclic) bond motifs is 16. The minimum atomic E-state index is -0.528. The fraction of sp³-hybridized carbons (Fsp3) is 0.0755. The molecule has 4 aliphatic rings. The van der Waals surface area contributed by atoms with Gasteiger partial charge < -0.3 is 0 Å². The fourth-order valence-corrected chi connectivity index (χ4v) is 10.9. The molecule has 4 aliphatic carbocycles. The van der Waals surface area contributed by atoms with Crippen LogP contribution in [0.3, 0.4) is 0 Å². The number of aromatic nitrogens is 3. The first-order valence-corrected chi connectivity index (χ1v) is 19.6. The Hall–Kier alpha value is -6.97. The summed E-state index contributed by atoms with van der Waals surface area (Å²) in [5.41, 5.74) is 16.5. The molecule has 8 aromatic rings. The Morgan fingerprint density at radius 1 is 0.393 bits per heavy atom. The summed E-state index contributed by atoms with van der Waals surface area (Å²) in [6, 6.07) is 64.0. The molecule has 12 rings (SSSR count). The van der Waals surface area contributed by atoms with Crippen molar-refractivity contribution in [3.8, 4) is 56.4 Å². The van der Waals surface area contributed by atoms with E-state index in [0.29, 0.717) is 17.5 Å². The van der Waals surface area contributed by atoms with Crippen molar-refractivity contribution in [2.45, 2.75) is 17.3 Å². The summed E-state index contributed by atoms with van der Waals surface area (Å²) >= 11 is 0. The van der Waals surface area contributed by atoms with E-state index in [4.69, 9.17) is 15.0 Å². The highest BCUT2D eigenvalue weighted by molar-refractivity contribution is 5.93. The van der Waals surface area contributed by atoms with Gasteiger partial charge in [0.2, 0.25) is 0 Å². The van der Waals surface area contributed by atoms with Gasteiger partial charge in [-0.15, -0.1) is 0 Å². The van der Waals surface area contributed by atoms with E-state index in [2.05, 4.69) is 182 Å². The maximum absolute atomic E-state index is 5.43. The maximum atomic E-state index is 5.43. The fourth-order valence-electron chi connectivity index (χ4n) is 10.9. The molecule has 1 aromatic heterocycles. The molecule has 0 fully saturated rings. The van der Waals surface area contributed by atoms with E-state index in [-0.39, 0.29) is 5.92 Å². The largest absolute Gasteiger partial charge is 0.208 e. The van der Waals surface area contributed by atoms with Gasteiger partial charge in [0.25, 0.3) is 0 Å². The molecule has 7 aromatic carbocycles. The predicted octanol–water partition coefficient (Wildman–Crippen LogP) is 12.0. The Kier molecular flexibility index (Phi) is 6.59. The summed E-state index contributed by atoms with van der Waals surface area (Å²) in [6.07, 6.45) is 8.04. The minimum absolute atomic E-state index is 0.106. The maximum Gasteiger partial charge on any atom is 0.164 e. The molecule has 0 radical (unpaired) electrons. The van der Waals surface area contributed by atoms with Gasteiger partial charge in [0.05, 0.1) is 10.8 Å². The average Bonchev–Trinajstić information content (AvgIpc) is 3.74. The Bertz CT molecular complexity index is 2810. The van der Waals surface area contributed by atoms with Gasteiger partial charge in [0.1, 0.15) is 0 Å². The first-order valence-electron chi connectivity index (χ1n) is 19.6. The van der Waals surface area contributed by atoms with Gasteiger partial charge >= 0.3 is 0 Å². The average molecular weight is 714 g/mol. The van der Waals surface area contributed by atoms with Crippen LogP contribution in [0.1, 0.15) is 39.8 Å². The number of rotatable bonds is 3. The topological polar surface area (TPSA) is 38.7 Å². The second-order valence-corrected chi connectivity index (χ2v) is 15.3. The Morgan fingerprint density at radius 3 is 1.38 bits per heavy atom. The number of hydrogen-bond donors (Lipinski definition) is 0. The third-order valence-electron chi connectivity index (χ3n) is 12.9. The van der Waals surface area contributed by atoms with E-state index >= 15 is 0 Å². The van der Waals surface area contributed by atoms with Gasteiger partial charge in [-0.1, -0.05) is 194 Å². The van der Waals surface area contributed by atoms with Crippen LogP contribution < -0.4 is 0 Å². The number of nitrogens with zero attached hydrogens (tertiary/aromatic N) is 3. The highest BCUT2D eigenvalue weighted by Crippen LogP contribution is 2.71. The molecule has 1 unspecified atom stereocenters. The lowest BCUT2D eigenvalue weighted by atomic mass is 9.46. The van der Waals surface area contributed by atoms with Crippen molar-refractivity contribution >= 4 is 0 Å². The Morgan fingerprint density at radius 2 is 0.821 bits per heavy atom. The van der Waals surface area contributed by atoms with E-state index in [1.165, 1.54) is 61.2 Å². The van der Waals surface area contributed by atoms with Crippen molar-refractivity contribution in [1.82, 2.24) is 15.0 Å². The smallest absolute Gasteiger partial charge is 0.164 e. The minimum Gasteiger partial charge on any atom is -0.208 e. The van der Waals surface area contributed by atoms with Gasteiger partial charge in [-0.3, -0.25) is 0 Å². The first kappa shape index (κ1) is 31.4. The monoisotopic (exact) mass is 713 g/mol. The molecule has 0 aliphatic heterocycles. The molecule has 3 heteroatoms. The van der Waals surface area contributed by atoms with Crippen molar-refractivity contribution in [1.29, 1.82) is 0 Å². The molecular formula is C53H35N3. The van der Waals surface area contributed by atoms with Crippen LogP contribution >= 0.6 is 0 Å². The normalized spacial score (nSPS) is 17.0. The molecule has 262 valence electrons. The summed E-state index contributed by atoms with van der Waals surface area (Å²) < 4.78 is 0. The Labute approximate surface area is 326 Å². The summed E-state index contributed by atoms with van der Waals surface area (Å²) in [4.78, 5) is 16.0. The van der Waals surface area contributed by atoms with E-state index < -0.39 is 10.8 Å². The lowest BCUT2D eigenvalue weighted by Crippen LogP contribution is -2.50. The molecule has 3 nitrogen and oxygen atoms in total. The van der Waals surface area contributed by atoms with E-state index in [9.17, 15) is 0 Å². The van der Waals surface area contributed by atoms with Gasteiger partial charge in [-0.2, -0.15) is 0 Å². The van der Waals surface area contributed by atoms with Gasteiger partial charge in [-0.05, 0) is 67.6 Å². The number of benzene rings is 7. The molecule has 0 saturated carbocycles. The van der Waals surface area contributed by atoms with Crippen molar-refractivity contribution in [3.05, 3.63) is 233 Å². The molecule has 0 bridgehead atoms. The van der Waals surface area contributed by atoms with Crippen LogP contribution in [0.2, 0.25) is 0 Å². The number of hydrogen-bond acceptors (Lipinski definition) is 3. The zero-order valence-corrected chi connectivity index (χ0v) is 30.6. The quantitative estimate of drug-likeness (QED) is 0.183. The lowest BCUT2D eigenvalue weighted by molar-refractivity contribution is 0.372. The summed E-state index contributed by atoms with van der Waals surface area (Å²) in [7, 11) is 0. The molecule has 56 heavy (non-hydrogen) atoms. The van der Waals surface area contributed by atoms with Crippen LogP contribution in [0.15, 0.2) is 200 Å². The van der Waals surface area contributed by atoms with Crippen LogP contribution in [0.25, 0.3) is 56.4 Å². The predicted molar refractivity (Wildman–Crippen MR) is 225 cm³/mol. The van der Waals surface area contributed by atoms with E-state index in [1.54, 1.807) is 0 Å². The van der Waals surface area contributed by atoms with Gasteiger partial charge in [0, 0.05) is 22.6 Å². The Balaban J connectivity index is 1.28. The summed E-state index contributed by atoms with van der Waals surface area (Å²) in [5.74, 6) is 2.12. The standard InChI is InChI=1S/C53H35N3/c1-3-18-34(19-4-1)49-54-50(35-20-5-2-6-21-35)56-51(55-49)40-26-17-33-47-48(40)53(43-29-13-9-24-38(43)39-25-10-14-30-44(39)53)46-32-16-15-31-45(46)52(47)41-27-11-7-22-36(41)37-23-8-12-28-42(37)52/h1-31,33,46H,32H2. The van der Waals surface area contributed by atoms with Crippen molar-refractivity contribution in [2.24, 2.45) is 5.92 Å². The molecule has 1 heterocycles. The third-order valence-corrected chi connectivity index (χ3v) is 12.9. The van der Waals surface area contributed by atoms with Crippen LogP contribution in [0.5, 0.6) is 0 Å². The van der Waals surface area contributed by atoms with Gasteiger partial charge in [-0.25, -0.2) is 15.0 Å².